The molecule has 0 aliphatic rings. The largest absolute Gasteiger partial charge is 0.416 e. The lowest BCUT2D eigenvalue weighted by Crippen LogP contribution is -2.13. The molecule has 4 nitrogen and oxygen atoms in total. The molecule has 1 aromatic carbocycles. The number of aromatic nitrogens is 2. The van der Waals surface area contributed by atoms with Crippen molar-refractivity contribution < 1.29 is 13.2 Å². The summed E-state index contributed by atoms with van der Waals surface area (Å²) >= 11 is 0. The number of halogens is 3. The summed E-state index contributed by atoms with van der Waals surface area (Å²) in [4.78, 5) is 0. The summed E-state index contributed by atoms with van der Waals surface area (Å²) in [6.07, 6.45) is -2.70. The molecule has 0 aliphatic heterocycles. The van der Waals surface area contributed by atoms with E-state index >= 15 is 0 Å². The lowest BCUT2D eigenvalue weighted by atomic mass is 10.2. The molecule has 20 heavy (non-hydrogen) atoms. The first-order chi connectivity index (χ1) is 9.43. The van der Waals surface area contributed by atoms with Crippen LogP contribution in [0, 0.1) is 6.92 Å². The molecule has 2 rings (SSSR count). The van der Waals surface area contributed by atoms with E-state index in [1.54, 1.807) is 10.9 Å². The van der Waals surface area contributed by atoms with E-state index in [-0.39, 0.29) is 0 Å². The Morgan fingerprint density at radius 2 is 1.90 bits per heavy atom. The maximum Gasteiger partial charge on any atom is 0.416 e. The SMILES string of the molecule is Cc1c(NCCN)cnn1-c1ccc(C(F)(F)F)cc1. The minimum atomic E-state index is -4.33. The number of anilines is 1. The normalized spacial score (nSPS) is 11.7. The topological polar surface area (TPSA) is 55.9 Å². The zero-order valence-electron chi connectivity index (χ0n) is 10.9. The Hall–Kier alpha value is -2.02. The van der Waals surface area contributed by atoms with E-state index in [0.717, 1.165) is 23.5 Å². The van der Waals surface area contributed by atoms with Gasteiger partial charge in [0.25, 0.3) is 0 Å². The first kappa shape index (κ1) is 14.4. The van der Waals surface area contributed by atoms with Crippen LogP contribution in [0.1, 0.15) is 11.3 Å². The Morgan fingerprint density at radius 1 is 1.25 bits per heavy atom. The second-order valence-corrected chi connectivity index (χ2v) is 4.32. The van der Waals surface area contributed by atoms with Crippen LogP contribution in [0.25, 0.3) is 5.69 Å². The molecule has 0 bridgehead atoms. The molecular formula is C13H15F3N4. The molecule has 0 spiro atoms. The van der Waals surface area contributed by atoms with Crippen molar-refractivity contribution in [3.8, 4) is 5.69 Å². The van der Waals surface area contributed by atoms with Crippen LogP contribution in [0.3, 0.4) is 0 Å². The first-order valence-corrected chi connectivity index (χ1v) is 6.09. The predicted molar refractivity (Wildman–Crippen MR) is 70.8 cm³/mol. The highest BCUT2D eigenvalue weighted by molar-refractivity contribution is 5.49. The highest BCUT2D eigenvalue weighted by Gasteiger charge is 2.30. The van der Waals surface area contributed by atoms with Gasteiger partial charge in [-0.15, -0.1) is 0 Å². The van der Waals surface area contributed by atoms with Crippen molar-refractivity contribution in [3.05, 3.63) is 41.7 Å². The Labute approximate surface area is 114 Å². The lowest BCUT2D eigenvalue weighted by Gasteiger charge is -2.09. The fourth-order valence-corrected chi connectivity index (χ4v) is 1.84. The number of hydrogen-bond acceptors (Lipinski definition) is 3. The van der Waals surface area contributed by atoms with Crippen molar-refractivity contribution in [1.82, 2.24) is 9.78 Å². The van der Waals surface area contributed by atoms with E-state index in [4.69, 9.17) is 5.73 Å². The van der Waals surface area contributed by atoms with Crippen LogP contribution in [0.5, 0.6) is 0 Å². The van der Waals surface area contributed by atoms with Gasteiger partial charge in [0.15, 0.2) is 0 Å². The molecule has 7 heteroatoms. The molecule has 1 aromatic heterocycles. The number of nitrogens with one attached hydrogen (secondary N) is 1. The monoisotopic (exact) mass is 284 g/mol. The highest BCUT2D eigenvalue weighted by atomic mass is 19.4. The minimum Gasteiger partial charge on any atom is -0.381 e. The lowest BCUT2D eigenvalue weighted by molar-refractivity contribution is -0.137. The Morgan fingerprint density at radius 3 is 2.45 bits per heavy atom. The molecule has 2 aromatic rings. The standard InChI is InChI=1S/C13H15F3N4/c1-9-12(18-7-6-17)8-19-20(9)11-4-2-10(3-5-11)13(14,15)16/h2-5,8,18H,6-7,17H2,1H3. The number of hydrogen-bond donors (Lipinski definition) is 2. The average Bonchev–Trinajstić information content (AvgIpc) is 2.77. The minimum absolute atomic E-state index is 0.491. The third-order valence-electron chi connectivity index (χ3n) is 2.91. The summed E-state index contributed by atoms with van der Waals surface area (Å²) in [7, 11) is 0. The summed E-state index contributed by atoms with van der Waals surface area (Å²) in [5.74, 6) is 0. The predicted octanol–water partition coefficient (Wildman–Crippen LogP) is 2.57. The molecule has 0 aliphatic carbocycles. The van der Waals surface area contributed by atoms with Gasteiger partial charge in [0.1, 0.15) is 0 Å². The Bertz CT molecular complexity index is 572. The van der Waals surface area contributed by atoms with E-state index in [1.165, 1.54) is 12.1 Å². The molecule has 0 radical (unpaired) electrons. The van der Waals surface area contributed by atoms with E-state index in [9.17, 15) is 13.2 Å². The van der Waals surface area contributed by atoms with Crippen LogP contribution in [-0.4, -0.2) is 22.9 Å². The molecule has 3 N–H and O–H groups in total. The number of rotatable bonds is 4. The van der Waals surface area contributed by atoms with Gasteiger partial charge in [-0.25, -0.2) is 4.68 Å². The summed E-state index contributed by atoms with van der Waals surface area (Å²) < 4.78 is 39.1. The van der Waals surface area contributed by atoms with Crippen molar-refractivity contribution in [1.29, 1.82) is 0 Å². The van der Waals surface area contributed by atoms with Crippen LogP contribution < -0.4 is 11.1 Å². The summed E-state index contributed by atoms with van der Waals surface area (Å²) in [5, 5.41) is 7.26. The van der Waals surface area contributed by atoms with Gasteiger partial charge in [-0.2, -0.15) is 18.3 Å². The maximum atomic E-state index is 12.5. The van der Waals surface area contributed by atoms with Gasteiger partial charge in [-0.1, -0.05) is 0 Å². The van der Waals surface area contributed by atoms with Crippen LogP contribution in [0.4, 0.5) is 18.9 Å². The third kappa shape index (κ3) is 2.93. The number of nitrogens with zero attached hydrogens (tertiary/aromatic N) is 2. The molecule has 0 saturated carbocycles. The molecular weight excluding hydrogens is 269 g/mol. The second kappa shape index (κ2) is 5.54. The van der Waals surface area contributed by atoms with Crippen molar-refractivity contribution >= 4 is 5.69 Å². The number of nitrogens with two attached hydrogens (primary N) is 1. The summed E-state index contributed by atoms with van der Waals surface area (Å²) in [5.41, 5.74) is 6.94. The quantitative estimate of drug-likeness (QED) is 0.907. The Balaban J connectivity index is 2.26. The molecule has 0 saturated heterocycles. The smallest absolute Gasteiger partial charge is 0.381 e. The van der Waals surface area contributed by atoms with Gasteiger partial charge in [0, 0.05) is 13.1 Å². The molecule has 0 unspecified atom stereocenters. The van der Waals surface area contributed by atoms with Crippen molar-refractivity contribution in [2.75, 3.05) is 18.4 Å². The maximum absolute atomic E-state index is 12.5. The van der Waals surface area contributed by atoms with Crippen LogP contribution in [0.2, 0.25) is 0 Å². The van der Waals surface area contributed by atoms with Gasteiger partial charge in [0.2, 0.25) is 0 Å². The fourth-order valence-electron chi connectivity index (χ4n) is 1.84. The molecule has 108 valence electrons. The van der Waals surface area contributed by atoms with E-state index in [0.29, 0.717) is 18.8 Å². The van der Waals surface area contributed by atoms with Gasteiger partial charge in [-0.05, 0) is 31.2 Å². The van der Waals surface area contributed by atoms with Gasteiger partial charge in [0.05, 0.1) is 28.8 Å². The van der Waals surface area contributed by atoms with Crippen molar-refractivity contribution in [2.45, 2.75) is 13.1 Å². The average molecular weight is 284 g/mol. The molecule has 0 atom stereocenters. The van der Waals surface area contributed by atoms with Gasteiger partial charge < -0.3 is 11.1 Å². The number of benzene rings is 1. The zero-order valence-corrected chi connectivity index (χ0v) is 10.9. The second-order valence-electron chi connectivity index (χ2n) is 4.32. The molecule has 1 heterocycles. The summed E-state index contributed by atoms with van der Waals surface area (Å²) in [6, 6.07) is 4.89. The van der Waals surface area contributed by atoms with Gasteiger partial charge >= 0.3 is 6.18 Å². The van der Waals surface area contributed by atoms with E-state index in [2.05, 4.69) is 10.4 Å². The zero-order chi connectivity index (χ0) is 14.8. The van der Waals surface area contributed by atoms with Crippen LogP contribution in [-0.2, 0) is 6.18 Å². The van der Waals surface area contributed by atoms with Crippen LogP contribution >= 0.6 is 0 Å². The van der Waals surface area contributed by atoms with Gasteiger partial charge in [-0.3, -0.25) is 0 Å². The van der Waals surface area contributed by atoms with Crippen molar-refractivity contribution in [3.63, 3.8) is 0 Å². The van der Waals surface area contributed by atoms with E-state index < -0.39 is 11.7 Å². The summed E-state index contributed by atoms with van der Waals surface area (Å²) in [6.45, 7) is 2.94. The molecule has 0 fully saturated rings. The van der Waals surface area contributed by atoms with Crippen molar-refractivity contribution in [2.24, 2.45) is 5.73 Å². The first-order valence-electron chi connectivity index (χ1n) is 6.09. The van der Waals surface area contributed by atoms with E-state index in [1.807, 2.05) is 6.92 Å². The Kier molecular flexibility index (Phi) is 3.99. The fraction of sp³-hybridized carbons (Fsp3) is 0.308. The third-order valence-corrected chi connectivity index (χ3v) is 2.91. The molecule has 0 amide bonds. The van der Waals surface area contributed by atoms with Crippen LogP contribution in [0.15, 0.2) is 30.5 Å². The number of alkyl halides is 3. The highest BCUT2D eigenvalue weighted by Crippen LogP contribution is 2.30.